The number of nitrogens with zero attached hydrogens (tertiary/aromatic N) is 1. The van der Waals surface area contributed by atoms with Crippen LogP contribution < -0.4 is 19.8 Å². The van der Waals surface area contributed by atoms with E-state index in [1.54, 1.807) is 36.4 Å². The van der Waals surface area contributed by atoms with Crippen molar-refractivity contribution in [3.8, 4) is 5.75 Å². The number of aryl methyl sites for hydroxylation is 1. The smallest absolute Gasteiger partial charge is 0.305 e. The lowest BCUT2D eigenvalue weighted by molar-refractivity contribution is -0.122. The first kappa shape index (κ1) is 25.1. The van der Waals surface area contributed by atoms with Crippen LogP contribution in [0.15, 0.2) is 88.7 Å². The fourth-order valence-electron chi connectivity index (χ4n) is 5.03. The number of thioether (sulfide) groups is 1. The molecule has 0 unspecified atom stereocenters. The molecule has 3 aromatic carbocycles. The van der Waals surface area contributed by atoms with Crippen LogP contribution in [0.1, 0.15) is 21.9 Å². The number of rotatable bonds is 6. The third-order valence-electron chi connectivity index (χ3n) is 6.79. The highest BCUT2D eigenvalue weighted by Gasteiger charge is 2.56. The molecule has 0 radical (unpaired) electrons. The summed E-state index contributed by atoms with van der Waals surface area (Å²) in [5.41, 5.74) is 2.89. The van der Waals surface area contributed by atoms with Crippen LogP contribution in [0.4, 0.5) is 11.4 Å². The normalized spacial score (nSPS) is 19.9. The summed E-state index contributed by atoms with van der Waals surface area (Å²) in [7, 11) is 0. The second kappa shape index (κ2) is 10.2. The van der Waals surface area contributed by atoms with Gasteiger partial charge in [0.2, 0.25) is 11.8 Å². The quantitative estimate of drug-likeness (QED) is 0.337. The number of thiazole rings is 1. The van der Waals surface area contributed by atoms with Gasteiger partial charge in [0.05, 0.1) is 16.6 Å². The molecule has 1 aromatic heterocycles. The number of nitrogens with one attached hydrogen (secondary N) is 2. The van der Waals surface area contributed by atoms with E-state index in [4.69, 9.17) is 4.74 Å². The van der Waals surface area contributed by atoms with Crippen molar-refractivity contribution >= 4 is 52.2 Å². The number of anilines is 2. The Hall–Kier alpha value is -4.15. The Kier molecular flexibility index (Phi) is 6.58. The molecule has 0 bridgehead atoms. The number of hydrogen-bond donors (Lipinski definition) is 2. The standard InChI is InChI=1S/C29H23N3O5S2/c1-16-11-13-17(14-12-16)30-21(33)15-37-20-10-6-5-9-19(20)22-23-25(38-26-24(22)39-29(36)31-26)28(35)32(27(23)34)18-7-3-2-4-8-18/h2-14,22-23,25H,15H2,1H3,(H,30,33)(H,31,36)/t22-,23-,25+/m0/s1. The SMILES string of the molecule is Cc1ccc(NC(=O)COc2ccccc2[C@@H]2c3sc(=O)[nH]c3S[C@H]3C(=O)N(c4ccccc4)C(=O)[C@@H]23)cc1. The molecule has 8 nitrogen and oxygen atoms in total. The second-order valence-corrected chi connectivity index (χ2v) is 11.5. The minimum Gasteiger partial charge on any atom is -0.483 e. The minimum absolute atomic E-state index is 0.250. The van der Waals surface area contributed by atoms with Crippen LogP contribution in [-0.4, -0.2) is 34.6 Å². The van der Waals surface area contributed by atoms with Crippen LogP contribution in [0.5, 0.6) is 5.75 Å². The van der Waals surface area contributed by atoms with Crippen LogP contribution in [0.3, 0.4) is 0 Å². The second-order valence-electron chi connectivity index (χ2n) is 9.34. The van der Waals surface area contributed by atoms with Crippen LogP contribution in [0.2, 0.25) is 0 Å². The zero-order valence-corrected chi connectivity index (χ0v) is 22.4. The largest absolute Gasteiger partial charge is 0.483 e. The first-order valence-corrected chi connectivity index (χ1v) is 14.0. The number of ether oxygens (including phenoxy) is 1. The van der Waals surface area contributed by atoms with E-state index in [2.05, 4.69) is 10.3 Å². The minimum atomic E-state index is -0.743. The molecule has 6 rings (SSSR count). The summed E-state index contributed by atoms with van der Waals surface area (Å²) >= 11 is 2.25. The number of imide groups is 1. The van der Waals surface area contributed by atoms with E-state index in [0.29, 0.717) is 32.6 Å². The number of H-pyrrole nitrogens is 1. The van der Waals surface area contributed by atoms with Gasteiger partial charge in [-0.3, -0.25) is 19.2 Å². The Morgan fingerprint density at radius 3 is 2.44 bits per heavy atom. The topological polar surface area (TPSA) is 109 Å². The Morgan fingerprint density at radius 1 is 0.949 bits per heavy atom. The number of fused-ring (bicyclic) bond motifs is 2. The molecule has 196 valence electrons. The Morgan fingerprint density at radius 2 is 1.67 bits per heavy atom. The van der Waals surface area contributed by atoms with E-state index >= 15 is 0 Å². The highest BCUT2D eigenvalue weighted by molar-refractivity contribution is 8.00. The average molecular weight is 558 g/mol. The fraction of sp³-hybridized carbons (Fsp3) is 0.172. The van der Waals surface area contributed by atoms with Crippen molar-refractivity contribution in [2.24, 2.45) is 5.92 Å². The van der Waals surface area contributed by atoms with Gasteiger partial charge in [-0.25, -0.2) is 4.90 Å². The van der Waals surface area contributed by atoms with E-state index in [1.165, 1.54) is 16.7 Å². The molecule has 1 saturated heterocycles. The van der Waals surface area contributed by atoms with E-state index in [0.717, 1.165) is 16.9 Å². The van der Waals surface area contributed by atoms with Gasteiger partial charge in [0, 0.05) is 22.0 Å². The number of amides is 3. The molecule has 0 saturated carbocycles. The maximum Gasteiger partial charge on any atom is 0.305 e. The Bertz CT molecular complexity index is 1630. The molecular weight excluding hydrogens is 534 g/mol. The van der Waals surface area contributed by atoms with Crippen LogP contribution >= 0.6 is 23.1 Å². The van der Waals surface area contributed by atoms with Gasteiger partial charge < -0.3 is 15.0 Å². The van der Waals surface area contributed by atoms with Gasteiger partial charge in [-0.05, 0) is 37.3 Å². The van der Waals surface area contributed by atoms with Crippen molar-refractivity contribution in [2.45, 2.75) is 23.1 Å². The van der Waals surface area contributed by atoms with E-state index in [-0.39, 0.29) is 29.2 Å². The molecule has 2 aliphatic heterocycles. The lowest BCUT2D eigenvalue weighted by Gasteiger charge is -2.30. The van der Waals surface area contributed by atoms with E-state index in [9.17, 15) is 19.2 Å². The molecule has 3 amide bonds. The predicted molar refractivity (Wildman–Crippen MR) is 151 cm³/mol. The first-order chi connectivity index (χ1) is 18.9. The van der Waals surface area contributed by atoms with Crippen LogP contribution in [0, 0.1) is 12.8 Å². The summed E-state index contributed by atoms with van der Waals surface area (Å²) in [4.78, 5) is 56.9. The third kappa shape index (κ3) is 4.66. The zero-order valence-electron chi connectivity index (χ0n) is 20.7. The highest BCUT2D eigenvalue weighted by Crippen LogP contribution is 2.54. The molecule has 10 heteroatoms. The average Bonchev–Trinajstić information content (AvgIpc) is 3.43. The first-order valence-electron chi connectivity index (χ1n) is 12.3. The molecule has 2 N–H and O–H groups in total. The summed E-state index contributed by atoms with van der Waals surface area (Å²) in [6.07, 6.45) is 0. The molecule has 0 aliphatic carbocycles. The van der Waals surface area contributed by atoms with Gasteiger partial charge in [-0.2, -0.15) is 0 Å². The van der Waals surface area contributed by atoms with Crippen LogP contribution in [0.25, 0.3) is 0 Å². The van der Waals surface area contributed by atoms with Gasteiger partial charge >= 0.3 is 4.87 Å². The van der Waals surface area contributed by atoms with E-state index in [1.807, 2.05) is 49.4 Å². The van der Waals surface area contributed by atoms with Gasteiger partial charge in [-0.15, -0.1) is 0 Å². The van der Waals surface area contributed by atoms with Crippen molar-refractivity contribution in [2.75, 3.05) is 16.8 Å². The lowest BCUT2D eigenvalue weighted by Crippen LogP contribution is -2.32. The van der Waals surface area contributed by atoms with Crippen molar-refractivity contribution in [3.63, 3.8) is 0 Å². The summed E-state index contributed by atoms with van der Waals surface area (Å²) in [5.74, 6) is -1.91. The molecular formula is C29H23N3O5S2. The zero-order chi connectivity index (χ0) is 27.1. The maximum atomic E-state index is 13.9. The number of para-hydroxylation sites is 2. The van der Waals surface area contributed by atoms with Crippen LogP contribution in [-0.2, 0) is 14.4 Å². The lowest BCUT2D eigenvalue weighted by atomic mass is 9.82. The predicted octanol–water partition coefficient (Wildman–Crippen LogP) is 4.56. The molecule has 0 spiro atoms. The van der Waals surface area contributed by atoms with Crippen molar-refractivity contribution in [1.29, 1.82) is 0 Å². The molecule has 1 fully saturated rings. The third-order valence-corrected chi connectivity index (χ3v) is 9.19. The summed E-state index contributed by atoms with van der Waals surface area (Å²) in [5, 5.41) is 2.69. The van der Waals surface area contributed by atoms with Crippen molar-refractivity contribution in [3.05, 3.63) is 105 Å². The molecule has 3 heterocycles. The number of aromatic nitrogens is 1. The molecule has 4 aromatic rings. The summed E-state index contributed by atoms with van der Waals surface area (Å²) in [6, 6.07) is 23.4. The number of carbonyl (C=O) groups excluding carboxylic acids is 3. The number of aromatic amines is 1. The molecule has 39 heavy (non-hydrogen) atoms. The van der Waals surface area contributed by atoms with Crippen molar-refractivity contribution < 1.29 is 19.1 Å². The van der Waals surface area contributed by atoms with Gasteiger partial charge in [0.1, 0.15) is 11.0 Å². The van der Waals surface area contributed by atoms with E-state index < -0.39 is 17.1 Å². The Balaban J connectivity index is 1.33. The Labute approximate surface area is 232 Å². The van der Waals surface area contributed by atoms with Crippen molar-refractivity contribution in [1.82, 2.24) is 4.98 Å². The summed E-state index contributed by atoms with van der Waals surface area (Å²) < 4.78 is 5.98. The number of carbonyl (C=O) groups is 3. The number of hydrogen-bond acceptors (Lipinski definition) is 7. The van der Waals surface area contributed by atoms with Gasteiger partial charge in [-0.1, -0.05) is 77.2 Å². The summed E-state index contributed by atoms with van der Waals surface area (Å²) in [6.45, 7) is 1.72. The van der Waals surface area contributed by atoms with Gasteiger partial charge in [0.15, 0.2) is 6.61 Å². The highest BCUT2D eigenvalue weighted by atomic mass is 32.2. The fourth-order valence-corrected chi connectivity index (χ4v) is 7.54. The molecule has 3 atom stereocenters. The molecule has 2 aliphatic rings. The number of benzene rings is 3. The van der Waals surface area contributed by atoms with Gasteiger partial charge in [0.25, 0.3) is 5.91 Å². The maximum absolute atomic E-state index is 13.9. The monoisotopic (exact) mass is 557 g/mol.